The second-order valence-electron chi connectivity index (χ2n) is 8.74. The number of esters is 1. The number of hydrogen-bond donors (Lipinski definition) is 1. The van der Waals surface area contributed by atoms with Gasteiger partial charge in [0, 0.05) is 18.0 Å². The number of allylic oxidation sites excluding steroid dienone is 1. The predicted molar refractivity (Wildman–Crippen MR) is 128 cm³/mol. The number of ether oxygens (including phenoxy) is 2. The lowest BCUT2D eigenvalue weighted by Gasteiger charge is -2.22. The molecule has 2 aromatic heterocycles. The fourth-order valence-electron chi connectivity index (χ4n) is 3.28. The first-order chi connectivity index (χ1) is 15.6. The molecule has 0 aliphatic heterocycles. The van der Waals surface area contributed by atoms with Crippen LogP contribution in [0.3, 0.4) is 0 Å². The Morgan fingerprint density at radius 3 is 2.48 bits per heavy atom. The Morgan fingerprint density at radius 1 is 1.09 bits per heavy atom. The number of amides is 1. The van der Waals surface area contributed by atoms with Gasteiger partial charge in [0.2, 0.25) is 0 Å². The highest BCUT2D eigenvalue weighted by molar-refractivity contribution is 5.83. The van der Waals surface area contributed by atoms with E-state index >= 15 is 0 Å². The maximum Gasteiger partial charge on any atom is 0.408 e. The number of hydrogen-bond acceptors (Lipinski definition) is 6. The summed E-state index contributed by atoms with van der Waals surface area (Å²) in [4.78, 5) is 33.2. The number of methoxy groups -OCH3 is 1. The average Bonchev–Trinajstić information content (AvgIpc) is 2.77. The molecule has 2 heterocycles. The van der Waals surface area contributed by atoms with E-state index in [1.165, 1.54) is 7.11 Å². The van der Waals surface area contributed by atoms with E-state index in [4.69, 9.17) is 9.47 Å². The van der Waals surface area contributed by atoms with Crippen LogP contribution in [0.25, 0.3) is 22.7 Å². The summed E-state index contributed by atoms with van der Waals surface area (Å²) >= 11 is 0. The van der Waals surface area contributed by atoms with Crippen LogP contribution in [0, 0.1) is 0 Å². The monoisotopic (exact) mass is 447 g/mol. The number of fused-ring (bicyclic) bond motifs is 1. The van der Waals surface area contributed by atoms with Crippen LogP contribution in [-0.2, 0) is 20.7 Å². The molecule has 0 aliphatic carbocycles. The van der Waals surface area contributed by atoms with Crippen molar-refractivity contribution in [3.63, 3.8) is 0 Å². The summed E-state index contributed by atoms with van der Waals surface area (Å²) in [5, 5.41) is 3.59. The van der Waals surface area contributed by atoms with E-state index in [9.17, 15) is 9.59 Å². The third kappa shape index (κ3) is 6.87. The second-order valence-corrected chi connectivity index (χ2v) is 8.74. The van der Waals surface area contributed by atoms with Crippen LogP contribution in [0.15, 0.2) is 54.7 Å². The lowest BCUT2D eigenvalue weighted by molar-refractivity contribution is -0.143. The number of carbonyl (C=O) groups excluding carboxylic acids is 2. The van der Waals surface area contributed by atoms with Crippen LogP contribution >= 0.6 is 0 Å². The Balaban J connectivity index is 1.72. The predicted octanol–water partition coefficient (Wildman–Crippen LogP) is 4.80. The molecular formula is C26H29N3O4. The number of nitrogens with one attached hydrogen (secondary N) is 1. The van der Waals surface area contributed by atoms with E-state index in [0.29, 0.717) is 5.65 Å². The van der Waals surface area contributed by atoms with Gasteiger partial charge in [-0.05, 0) is 74.7 Å². The normalized spacial score (nSPS) is 12.8. The first-order valence-corrected chi connectivity index (χ1v) is 10.7. The molecular weight excluding hydrogens is 418 g/mol. The molecule has 0 saturated heterocycles. The van der Waals surface area contributed by atoms with Crippen molar-refractivity contribution in [2.24, 2.45) is 0 Å². The topological polar surface area (TPSA) is 90.4 Å². The molecule has 0 fully saturated rings. The van der Waals surface area contributed by atoms with Crippen molar-refractivity contribution in [3.05, 3.63) is 71.5 Å². The molecule has 1 aromatic carbocycles. The third-order valence-corrected chi connectivity index (χ3v) is 4.88. The third-order valence-electron chi connectivity index (χ3n) is 4.88. The lowest BCUT2D eigenvalue weighted by atomic mass is 10.0. The van der Waals surface area contributed by atoms with Crippen molar-refractivity contribution in [1.29, 1.82) is 0 Å². The highest BCUT2D eigenvalue weighted by Gasteiger charge is 2.25. The molecule has 0 aliphatic rings. The highest BCUT2D eigenvalue weighted by Crippen LogP contribution is 2.20. The number of nitrogens with zero attached hydrogens (tertiary/aromatic N) is 2. The van der Waals surface area contributed by atoms with Crippen LogP contribution in [0.1, 0.15) is 44.5 Å². The number of carbonyl (C=O) groups is 2. The van der Waals surface area contributed by atoms with Crippen molar-refractivity contribution in [3.8, 4) is 0 Å². The summed E-state index contributed by atoms with van der Waals surface area (Å²) in [6, 6.07) is 14.8. The summed E-state index contributed by atoms with van der Waals surface area (Å²) in [5.74, 6) is -0.531. The quantitative estimate of drug-likeness (QED) is 0.546. The van der Waals surface area contributed by atoms with Gasteiger partial charge in [0.25, 0.3) is 0 Å². The Hall–Kier alpha value is -3.74. The van der Waals surface area contributed by atoms with E-state index in [2.05, 4.69) is 15.3 Å². The van der Waals surface area contributed by atoms with Gasteiger partial charge in [-0.1, -0.05) is 24.3 Å². The Morgan fingerprint density at radius 2 is 1.82 bits per heavy atom. The molecule has 0 unspecified atom stereocenters. The van der Waals surface area contributed by atoms with Crippen molar-refractivity contribution >= 4 is 34.7 Å². The van der Waals surface area contributed by atoms with Crippen molar-refractivity contribution < 1.29 is 19.1 Å². The van der Waals surface area contributed by atoms with Gasteiger partial charge in [0.05, 0.1) is 12.8 Å². The average molecular weight is 448 g/mol. The smallest absolute Gasteiger partial charge is 0.408 e. The largest absolute Gasteiger partial charge is 0.467 e. The molecule has 172 valence electrons. The number of benzene rings is 1. The van der Waals surface area contributed by atoms with Gasteiger partial charge in [-0.3, -0.25) is 0 Å². The minimum absolute atomic E-state index is 0.285. The molecule has 1 amide bonds. The molecule has 0 saturated carbocycles. The summed E-state index contributed by atoms with van der Waals surface area (Å²) in [6.07, 6.45) is 3.36. The Bertz CT molecular complexity index is 1160. The van der Waals surface area contributed by atoms with Crippen LogP contribution in [0.4, 0.5) is 4.79 Å². The minimum atomic E-state index is -0.846. The molecule has 7 heteroatoms. The van der Waals surface area contributed by atoms with Crippen LogP contribution in [0.5, 0.6) is 0 Å². The maximum absolute atomic E-state index is 12.2. The zero-order chi connectivity index (χ0) is 24.0. The fraction of sp³-hybridized carbons (Fsp3) is 0.308. The van der Waals surface area contributed by atoms with Crippen molar-refractivity contribution in [1.82, 2.24) is 15.3 Å². The van der Waals surface area contributed by atoms with E-state index in [1.54, 1.807) is 27.0 Å². The van der Waals surface area contributed by atoms with Crippen LogP contribution in [0.2, 0.25) is 0 Å². The number of pyridine rings is 2. The molecule has 3 rings (SSSR count). The van der Waals surface area contributed by atoms with Gasteiger partial charge in [-0.2, -0.15) is 0 Å². The maximum atomic E-state index is 12.2. The van der Waals surface area contributed by atoms with Gasteiger partial charge in [0.1, 0.15) is 11.6 Å². The van der Waals surface area contributed by atoms with Gasteiger partial charge in [-0.15, -0.1) is 0 Å². The van der Waals surface area contributed by atoms with E-state index in [1.807, 2.05) is 61.5 Å². The first-order valence-electron chi connectivity index (χ1n) is 10.7. The summed E-state index contributed by atoms with van der Waals surface area (Å²) < 4.78 is 10.1. The van der Waals surface area contributed by atoms with Gasteiger partial charge < -0.3 is 14.8 Å². The molecule has 0 bridgehead atoms. The molecule has 1 atom stereocenters. The van der Waals surface area contributed by atoms with Gasteiger partial charge >= 0.3 is 12.1 Å². The van der Waals surface area contributed by atoms with Crippen molar-refractivity contribution in [2.45, 2.75) is 45.8 Å². The summed E-state index contributed by atoms with van der Waals surface area (Å²) in [7, 11) is 1.29. The molecule has 33 heavy (non-hydrogen) atoms. The molecule has 7 nitrogen and oxygen atoms in total. The van der Waals surface area contributed by atoms with Crippen LogP contribution < -0.4 is 5.32 Å². The first kappa shape index (κ1) is 23.9. The second kappa shape index (κ2) is 10.3. The number of rotatable bonds is 6. The molecule has 3 aromatic rings. The van der Waals surface area contributed by atoms with E-state index in [-0.39, 0.29) is 6.42 Å². The lowest BCUT2D eigenvalue weighted by Crippen LogP contribution is -2.45. The Kier molecular flexibility index (Phi) is 7.43. The SMILES string of the molecule is COC(=O)[C@H](Cc1ccc(C(C)=Cc2ccc3cccnc3n2)cc1)NC(=O)OC(C)(C)C. The Labute approximate surface area is 193 Å². The highest BCUT2D eigenvalue weighted by atomic mass is 16.6. The molecule has 0 radical (unpaired) electrons. The van der Waals surface area contributed by atoms with E-state index in [0.717, 1.165) is 27.8 Å². The van der Waals surface area contributed by atoms with Gasteiger partial charge in [-0.25, -0.2) is 19.6 Å². The summed E-state index contributed by atoms with van der Waals surface area (Å²) in [5.41, 5.74) is 3.82. The molecule has 0 spiro atoms. The van der Waals surface area contributed by atoms with Crippen LogP contribution in [-0.4, -0.2) is 40.8 Å². The number of alkyl carbamates (subject to hydrolysis) is 1. The standard InChI is InChI=1S/C26H29N3O4/c1-17(15-21-13-12-20-7-6-14-27-23(20)28-21)19-10-8-18(9-11-19)16-22(24(30)32-5)29-25(31)33-26(2,3)4/h6-15,22H,16H2,1-5H3,(H,29,31)/t22-/m0/s1. The zero-order valence-electron chi connectivity index (χ0n) is 19.6. The molecule has 1 N–H and O–H groups in total. The van der Waals surface area contributed by atoms with Gasteiger partial charge in [0.15, 0.2) is 5.65 Å². The fourth-order valence-corrected chi connectivity index (χ4v) is 3.28. The summed E-state index contributed by atoms with van der Waals surface area (Å²) in [6.45, 7) is 7.30. The number of aromatic nitrogens is 2. The zero-order valence-corrected chi connectivity index (χ0v) is 19.6. The van der Waals surface area contributed by atoms with E-state index < -0.39 is 23.7 Å². The minimum Gasteiger partial charge on any atom is -0.467 e. The van der Waals surface area contributed by atoms with Crippen molar-refractivity contribution in [2.75, 3.05) is 7.11 Å².